The van der Waals surface area contributed by atoms with E-state index in [0.717, 1.165) is 33.5 Å². The second kappa shape index (κ2) is 4.65. The highest BCUT2D eigenvalue weighted by molar-refractivity contribution is 9.10. The van der Waals surface area contributed by atoms with E-state index in [1.54, 1.807) is 0 Å². The molecule has 0 aliphatic carbocycles. The summed E-state index contributed by atoms with van der Waals surface area (Å²) >= 11 is 3.47. The maximum Gasteiger partial charge on any atom is 0.129 e. The predicted octanol–water partition coefficient (Wildman–Crippen LogP) is 3.01. The third-order valence-corrected chi connectivity index (χ3v) is 4.00. The number of rotatable bonds is 1. The molecule has 0 amide bonds. The molecule has 2 heterocycles. The number of hydrogen-bond acceptors (Lipinski definition) is 3. The number of aryl methyl sites for hydroxylation is 2. The SMILES string of the molecule is Cc1nn(C)cc1C1C[C@@H](N)c2cc(Br)ccc2O1. The first-order valence-corrected chi connectivity index (χ1v) is 7.05. The van der Waals surface area contributed by atoms with Crippen LogP contribution in [0, 0.1) is 6.92 Å². The van der Waals surface area contributed by atoms with Crippen LogP contribution in [0.4, 0.5) is 0 Å². The summed E-state index contributed by atoms with van der Waals surface area (Å²) in [4.78, 5) is 0. The normalized spacial score (nSPS) is 21.9. The first-order chi connectivity index (χ1) is 9.04. The average Bonchev–Trinajstić information content (AvgIpc) is 2.69. The topological polar surface area (TPSA) is 53.1 Å². The van der Waals surface area contributed by atoms with Crippen LogP contribution in [-0.4, -0.2) is 9.78 Å². The summed E-state index contributed by atoms with van der Waals surface area (Å²) in [6.45, 7) is 2.00. The van der Waals surface area contributed by atoms with Crippen LogP contribution in [-0.2, 0) is 7.05 Å². The van der Waals surface area contributed by atoms with Gasteiger partial charge in [0.1, 0.15) is 11.9 Å². The van der Waals surface area contributed by atoms with E-state index in [1.807, 2.05) is 43.0 Å². The lowest BCUT2D eigenvalue weighted by atomic mass is 9.94. The van der Waals surface area contributed by atoms with Crippen LogP contribution in [0.2, 0.25) is 0 Å². The summed E-state index contributed by atoms with van der Waals surface area (Å²) in [6, 6.07) is 5.97. The van der Waals surface area contributed by atoms with Gasteiger partial charge in [-0.2, -0.15) is 5.10 Å². The Bertz CT molecular complexity index is 623. The molecule has 2 aromatic rings. The number of nitrogens with two attached hydrogens (primary N) is 1. The standard InChI is InChI=1S/C14H16BrN3O/c1-8-11(7-18(2)17-8)14-6-12(16)10-5-9(15)3-4-13(10)19-14/h3-5,7,12,14H,6,16H2,1-2H3/t12-,14?/m1/s1. The van der Waals surface area contributed by atoms with E-state index in [1.165, 1.54) is 0 Å². The van der Waals surface area contributed by atoms with Crippen LogP contribution in [0.5, 0.6) is 5.75 Å². The van der Waals surface area contributed by atoms with E-state index < -0.39 is 0 Å². The minimum atomic E-state index is -0.0163. The van der Waals surface area contributed by atoms with Crippen molar-refractivity contribution in [2.75, 3.05) is 0 Å². The maximum atomic E-state index is 6.27. The van der Waals surface area contributed by atoms with Crippen molar-refractivity contribution in [2.45, 2.75) is 25.5 Å². The molecule has 2 atom stereocenters. The Balaban J connectivity index is 1.97. The molecule has 0 bridgehead atoms. The summed E-state index contributed by atoms with van der Waals surface area (Å²) in [7, 11) is 1.92. The van der Waals surface area contributed by atoms with Crippen molar-refractivity contribution in [3.8, 4) is 5.75 Å². The molecular formula is C14H16BrN3O. The molecule has 19 heavy (non-hydrogen) atoms. The van der Waals surface area contributed by atoms with Gasteiger partial charge < -0.3 is 10.5 Å². The fourth-order valence-electron chi connectivity index (χ4n) is 2.60. The molecule has 0 saturated carbocycles. The van der Waals surface area contributed by atoms with Gasteiger partial charge in [0.25, 0.3) is 0 Å². The first-order valence-electron chi connectivity index (χ1n) is 6.26. The predicted molar refractivity (Wildman–Crippen MR) is 77.0 cm³/mol. The third-order valence-electron chi connectivity index (χ3n) is 3.51. The van der Waals surface area contributed by atoms with Crippen LogP contribution >= 0.6 is 15.9 Å². The Morgan fingerprint density at radius 2 is 2.21 bits per heavy atom. The second-order valence-electron chi connectivity index (χ2n) is 4.97. The average molecular weight is 322 g/mol. The molecule has 1 aliphatic heterocycles. The zero-order valence-electron chi connectivity index (χ0n) is 10.9. The molecule has 0 saturated heterocycles. The van der Waals surface area contributed by atoms with Gasteiger partial charge in [0, 0.05) is 41.3 Å². The van der Waals surface area contributed by atoms with Crippen molar-refractivity contribution >= 4 is 15.9 Å². The number of fused-ring (bicyclic) bond motifs is 1. The molecule has 1 aliphatic rings. The number of hydrogen-bond donors (Lipinski definition) is 1. The van der Waals surface area contributed by atoms with Crippen LogP contribution < -0.4 is 10.5 Å². The van der Waals surface area contributed by atoms with Crippen molar-refractivity contribution in [1.82, 2.24) is 9.78 Å². The monoisotopic (exact) mass is 321 g/mol. The highest BCUT2D eigenvalue weighted by Crippen LogP contribution is 2.41. The van der Waals surface area contributed by atoms with Gasteiger partial charge in [0.2, 0.25) is 0 Å². The highest BCUT2D eigenvalue weighted by atomic mass is 79.9. The maximum absolute atomic E-state index is 6.27. The summed E-state index contributed by atoms with van der Waals surface area (Å²) < 4.78 is 8.93. The Hall–Kier alpha value is -1.33. The molecule has 1 aromatic heterocycles. The lowest BCUT2D eigenvalue weighted by Crippen LogP contribution is -2.24. The van der Waals surface area contributed by atoms with Crippen molar-refractivity contribution < 1.29 is 4.74 Å². The number of nitrogens with zero attached hydrogens (tertiary/aromatic N) is 2. The van der Waals surface area contributed by atoms with Gasteiger partial charge >= 0.3 is 0 Å². The van der Waals surface area contributed by atoms with Crippen LogP contribution in [0.25, 0.3) is 0 Å². The summed E-state index contributed by atoms with van der Waals surface area (Å²) in [5, 5.41) is 4.37. The lowest BCUT2D eigenvalue weighted by Gasteiger charge is -2.30. The number of aromatic nitrogens is 2. The van der Waals surface area contributed by atoms with Crippen LogP contribution in [0.1, 0.15) is 35.4 Å². The molecule has 2 N–H and O–H groups in total. The summed E-state index contributed by atoms with van der Waals surface area (Å²) in [6.07, 6.45) is 2.77. The zero-order valence-corrected chi connectivity index (χ0v) is 12.5. The van der Waals surface area contributed by atoms with Gasteiger partial charge in [-0.25, -0.2) is 0 Å². The number of halogens is 1. The molecular weight excluding hydrogens is 306 g/mol. The van der Waals surface area contributed by atoms with Crippen LogP contribution in [0.15, 0.2) is 28.9 Å². The van der Waals surface area contributed by atoms with Gasteiger partial charge in [0.15, 0.2) is 0 Å². The Kier molecular flexibility index (Phi) is 3.11. The highest BCUT2D eigenvalue weighted by Gasteiger charge is 2.29. The molecule has 1 unspecified atom stereocenters. The molecule has 1 aromatic carbocycles. The van der Waals surface area contributed by atoms with Crippen molar-refractivity contribution in [2.24, 2.45) is 12.8 Å². The Morgan fingerprint density at radius 1 is 1.42 bits per heavy atom. The Labute approximate surface area is 120 Å². The minimum absolute atomic E-state index is 0.00847. The van der Waals surface area contributed by atoms with Gasteiger partial charge in [-0.3, -0.25) is 4.68 Å². The molecule has 0 fully saturated rings. The van der Waals surface area contributed by atoms with E-state index in [-0.39, 0.29) is 12.1 Å². The largest absolute Gasteiger partial charge is 0.485 e. The van der Waals surface area contributed by atoms with Gasteiger partial charge in [-0.1, -0.05) is 15.9 Å². The summed E-state index contributed by atoms with van der Waals surface area (Å²) in [5.74, 6) is 0.871. The molecule has 0 spiro atoms. The third kappa shape index (κ3) is 2.28. The Morgan fingerprint density at radius 3 is 2.89 bits per heavy atom. The number of benzene rings is 1. The quantitative estimate of drug-likeness (QED) is 0.878. The van der Waals surface area contributed by atoms with Gasteiger partial charge in [-0.05, 0) is 25.1 Å². The molecule has 5 heteroatoms. The van der Waals surface area contributed by atoms with Gasteiger partial charge in [0.05, 0.1) is 5.69 Å². The zero-order chi connectivity index (χ0) is 13.6. The molecule has 100 valence electrons. The van der Waals surface area contributed by atoms with Crippen molar-refractivity contribution in [3.63, 3.8) is 0 Å². The van der Waals surface area contributed by atoms with E-state index in [0.29, 0.717) is 0 Å². The van der Waals surface area contributed by atoms with Gasteiger partial charge in [-0.15, -0.1) is 0 Å². The smallest absolute Gasteiger partial charge is 0.129 e. The number of ether oxygens (including phenoxy) is 1. The fraction of sp³-hybridized carbons (Fsp3) is 0.357. The summed E-state index contributed by atoms with van der Waals surface area (Å²) in [5.41, 5.74) is 9.45. The van der Waals surface area contributed by atoms with E-state index in [9.17, 15) is 0 Å². The fourth-order valence-corrected chi connectivity index (χ4v) is 2.98. The molecule has 4 nitrogen and oxygen atoms in total. The lowest BCUT2D eigenvalue weighted by molar-refractivity contribution is 0.161. The molecule has 3 rings (SSSR count). The first kappa shape index (κ1) is 12.7. The van der Waals surface area contributed by atoms with E-state index >= 15 is 0 Å². The molecule has 0 radical (unpaired) electrons. The second-order valence-corrected chi connectivity index (χ2v) is 5.89. The minimum Gasteiger partial charge on any atom is -0.485 e. The van der Waals surface area contributed by atoms with E-state index in [4.69, 9.17) is 10.5 Å². The van der Waals surface area contributed by atoms with Crippen molar-refractivity contribution in [3.05, 3.63) is 45.7 Å². The van der Waals surface area contributed by atoms with Crippen LogP contribution in [0.3, 0.4) is 0 Å². The van der Waals surface area contributed by atoms with Crippen molar-refractivity contribution in [1.29, 1.82) is 0 Å². The van der Waals surface area contributed by atoms with E-state index in [2.05, 4.69) is 21.0 Å².